The first-order valence-corrected chi connectivity index (χ1v) is 12.5. The molecule has 1 amide bonds. The van der Waals surface area contributed by atoms with E-state index >= 15 is 0 Å². The van der Waals surface area contributed by atoms with Gasteiger partial charge in [-0.05, 0) is 40.1 Å². The van der Waals surface area contributed by atoms with E-state index in [9.17, 15) is 4.79 Å². The molecule has 0 saturated carbocycles. The molecule has 0 spiro atoms. The fraction of sp³-hybridized carbons (Fsp3) is 0.414. The molecule has 0 bridgehead atoms. The van der Waals surface area contributed by atoms with E-state index in [0.29, 0.717) is 30.2 Å². The summed E-state index contributed by atoms with van der Waals surface area (Å²) in [6.07, 6.45) is 0. The molecular weight excluding hydrogens is 454 g/mol. The van der Waals surface area contributed by atoms with Gasteiger partial charge in [0.1, 0.15) is 12.4 Å². The molecule has 1 heterocycles. The van der Waals surface area contributed by atoms with Crippen molar-refractivity contribution in [3.05, 3.63) is 65.2 Å². The van der Waals surface area contributed by atoms with Crippen LogP contribution < -0.4 is 20.5 Å². The molecule has 1 aliphatic heterocycles. The Hall–Kier alpha value is -3.29. The molecule has 1 saturated heterocycles. The summed E-state index contributed by atoms with van der Waals surface area (Å²) in [6, 6.07) is 15.9. The number of rotatable bonds is 8. The number of nitrogen functional groups attached to an aromatic ring is 1. The molecule has 0 atom stereocenters. The zero-order valence-corrected chi connectivity index (χ0v) is 21.7. The molecule has 0 radical (unpaired) electrons. The Morgan fingerprint density at radius 3 is 2.50 bits per heavy atom. The van der Waals surface area contributed by atoms with E-state index in [0.717, 1.165) is 60.5 Å². The summed E-state index contributed by atoms with van der Waals surface area (Å²) >= 11 is 0. The van der Waals surface area contributed by atoms with Crippen LogP contribution in [-0.2, 0) is 16.7 Å². The first-order chi connectivity index (χ1) is 17.3. The third-order valence-electron chi connectivity index (χ3n) is 6.61. The molecule has 1 aliphatic rings. The molecule has 3 aromatic carbocycles. The molecular formula is C29H37N3O4. The lowest BCUT2D eigenvalue weighted by atomic mass is 9.85. The minimum Gasteiger partial charge on any atom is -0.494 e. The Morgan fingerprint density at radius 2 is 1.81 bits per heavy atom. The largest absolute Gasteiger partial charge is 0.494 e. The number of hydrogen-bond acceptors (Lipinski definition) is 6. The molecule has 7 heteroatoms. The van der Waals surface area contributed by atoms with Gasteiger partial charge < -0.3 is 25.3 Å². The molecule has 4 rings (SSSR count). The second-order valence-corrected chi connectivity index (χ2v) is 10.1. The highest BCUT2D eigenvalue weighted by Gasteiger charge is 2.22. The number of benzene rings is 3. The quantitative estimate of drug-likeness (QED) is 0.455. The molecule has 36 heavy (non-hydrogen) atoms. The number of nitrogens with one attached hydrogen (secondary N) is 1. The number of carbonyl (C=O) groups is 1. The number of anilines is 1. The van der Waals surface area contributed by atoms with Gasteiger partial charge in [0.2, 0.25) is 0 Å². The van der Waals surface area contributed by atoms with E-state index in [1.54, 1.807) is 0 Å². The average molecular weight is 492 g/mol. The molecule has 7 nitrogen and oxygen atoms in total. The van der Waals surface area contributed by atoms with Crippen LogP contribution >= 0.6 is 0 Å². The van der Waals surface area contributed by atoms with Gasteiger partial charge in [-0.2, -0.15) is 0 Å². The highest BCUT2D eigenvalue weighted by molar-refractivity contribution is 5.99. The molecule has 192 valence electrons. The van der Waals surface area contributed by atoms with Crippen molar-refractivity contribution in [1.82, 2.24) is 10.2 Å². The van der Waals surface area contributed by atoms with E-state index < -0.39 is 0 Å². The predicted octanol–water partition coefficient (Wildman–Crippen LogP) is 4.37. The first-order valence-electron chi connectivity index (χ1n) is 12.5. The van der Waals surface area contributed by atoms with Crippen LogP contribution in [0, 0.1) is 0 Å². The van der Waals surface area contributed by atoms with E-state index in [-0.39, 0.29) is 11.3 Å². The molecule has 0 aromatic heterocycles. The summed E-state index contributed by atoms with van der Waals surface area (Å²) in [7, 11) is 1.53. The van der Waals surface area contributed by atoms with E-state index in [1.807, 2.05) is 36.4 Å². The highest BCUT2D eigenvalue weighted by atomic mass is 16.5. The van der Waals surface area contributed by atoms with Crippen LogP contribution in [0.25, 0.3) is 10.8 Å². The van der Waals surface area contributed by atoms with Crippen LogP contribution in [0.1, 0.15) is 42.3 Å². The summed E-state index contributed by atoms with van der Waals surface area (Å²) in [5, 5.41) is 5.14. The first kappa shape index (κ1) is 25.8. The number of fused-ring (bicyclic) bond motifs is 1. The number of hydrogen-bond donors (Lipinski definition) is 2. The normalized spacial score (nSPS) is 14.6. The maximum absolute atomic E-state index is 13.2. The topological polar surface area (TPSA) is 86.0 Å². The summed E-state index contributed by atoms with van der Waals surface area (Å²) in [5.74, 6) is 1.02. The van der Waals surface area contributed by atoms with Gasteiger partial charge in [-0.15, -0.1) is 0 Å². The lowest BCUT2D eigenvalue weighted by Crippen LogP contribution is -2.38. The predicted molar refractivity (Wildman–Crippen MR) is 144 cm³/mol. The number of ether oxygens (including phenoxy) is 3. The zero-order valence-electron chi connectivity index (χ0n) is 21.7. The number of nitrogens with two attached hydrogens (primary N) is 1. The van der Waals surface area contributed by atoms with Crippen molar-refractivity contribution >= 4 is 22.4 Å². The van der Waals surface area contributed by atoms with Crippen LogP contribution in [0.4, 0.5) is 5.69 Å². The molecule has 1 fully saturated rings. The van der Waals surface area contributed by atoms with Gasteiger partial charge in [0.25, 0.3) is 5.91 Å². The van der Waals surface area contributed by atoms with Crippen molar-refractivity contribution in [3.8, 4) is 11.5 Å². The Morgan fingerprint density at radius 1 is 1.08 bits per heavy atom. The van der Waals surface area contributed by atoms with Gasteiger partial charge in [0, 0.05) is 31.6 Å². The molecule has 3 N–H and O–H groups in total. The van der Waals surface area contributed by atoms with Crippen molar-refractivity contribution in [2.24, 2.45) is 0 Å². The maximum Gasteiger partial charge on any atom is 0.255 e. The van der Waals surface area contributed by atoms with Gasteiger partial charge in [-0.25, -0.2) is 0 Å². The van der Waals surface area contributed by atoms with Gasteiger partial charge in [0.15, 0.2) is 5.75 Å². The van der Waals surface area contributed by atoms with E-state index in [4.69, 9.17) is 19.9 Å². The Balaban J connectivity index is 1.50. The molecule has 0 aliphatic carbocycles. The Bertz CT molecular complexity index is 1210. The van der Waals surface area contributed by atoms with Crippen LogP contribution in [0.3, 0.4) is 0 Å². The van der Waals surface area contributed by atoms with Crippen molar-refractivity contribution < 1.29 is 19.0 Å². The second kappa shape index (κ2) is 11.2. The SMILES string of the molecule is COc1c(N)cc(C(C)(C)C)cc1C(=O)NCc1ccc(OCCN2CCOCC2)c2ccccc12. The van der Waals surface area contributed by atoms with Crippen molar-refractivity contribution in [1.29, 1.82) is 0 Å². The lowest BCUT2D eigenvalue weighted by molar-refractivity contribution is 0.0323. The van der Waals surface area contributed by atoms with Crippen LogP contribution in [0.2, 0.25) is 0 Å². The van der Waals surface area contributed by atoms with Crippen LogP contribution in [0.5, 0.6) is 11.5 Å². The maximum atomic E-state index is 13.2. The number of morpholine rings is 1. The van der Waals surface area contributed by atoms with Gasteiger partial charge in [-0.1, -0.05) is 51.1 Å². The summed E-state index contributed by atoms with van der Waals surface area (Å²) < 4.78 is 17.0. The lowest BCUT2D eigenvalue weighted by Gasteiger charge is -2.26. The van der Waals surface area contributed by atoms with Gasteiger partial charge >= 0.3 is 0 Å². The summed E-state index contributed by atoms with van der Waals surface area (Å²) in [6.45, 7) is 11.6. The summed E-state index contributed by atoms with van der Waals surface area (Å²) in [4.78, 5) is 15.6. The van der Waals surface area contributed by atoms with Crippen molar-refractivity contribution in [2.45, 2.75) is 32.7 Å². The monoisotopic (exact) mass is 491 g/mol. The Labute approximate surface area is 213 Å². The van der Waals surface area contributed by atoms with Gasteiger partial charge in [0.05, 0.1) is 31.6 Å². The number of methoxy groups -OCH3 is 1. The second-order valence-electron chi connectivity index (χ2n) is 10.1. The van der Waals surface area contributed by atoms with Crippen molar-refractivity contribution in [2.75, 3.05) is 52.3 Å². The number of carbonyl (C=O) groups excluding carboxylic acids is 1. The smallest absolute Gasteiger partial charge is 0.255 e. The fourth-order valence-corrected chi connectivity index (χ4v) is 4.47. The summed E-state index contributed by atoms with van der Waals surface area (Å²) in [5.41, 5.74) is 8.97. The van der Waals surface area contributed by atoms with Gasteiger partial charge in [-0.3, -0.25) is 9.69 Å². The minimum absolute atomic E-state index is 0.150. The fourth-order valence-electron chi connectivity index (χ4n) is 4.47. The van der Waals surface area contributed by atoms with Crippen molar-refractivity contribution in [3.63, 3.8) is 0 Å². The third kappa shape index (κ3) is 5.91. The van der Waals surface area contributed by atoms with Crippen LogP contribution in [-0.4, -0.2) is 57.4 Å². The third-order valence-corrected chi connectivity index (χ3v) is 6.61. The van der Waals surface area contributed by atoms with E-state index in [1.165, 1.54) is 7.11 Å². The number of nitrogens with zero attached hydrogens (tertiary/aromatic N) is 1. The Kier molecular flexibility index (Phi) is 8.01. The molecule has 3 aromatic rings. The average Bonchev–Trinajstić information content (AvgIpc) is 2.87. The highest BCUT2D eigenvalue weighted by Crippen LogP contribution is 2.34. The minimum atomic E-state index is -0.223. The number of amides is 1. The van der Waals surface area contributed by atoms with Crippen LogP contribution in [0.15, 0.2) is 48.5 Å². The zero-order chi connectivity index (χ0) is 25.7. The van der Waals surface area contributed by atoms with E-state index in [2.05, 4.69) is 43.1 Å². The standard InChI is InChI=1S/C29H37N3O4/c1-29(2,3)21-17-24(27(34-4)25(30)18-21)28(33)31-19-20-9-10-26(23-8-6-5-7-22(20)23)36-16-13-32-11-14-35-15-12-32/h5-10,17-18H,11-16,19,30H2,1-4H3,(H,31,33). The molecule has 0 unspecified atom stereocenters.